The first-order valence-corrected chi connectivity index (χ1v) is 7.16. The number of rotatable bonds is 4. The van der Waals surface area contributed by atoms with E-state index in [0.717, 1.165) is 39.0 Å². The van der Waals surface area contributed by atoms with Crippen molar-refractivity contribution < 1.29 is 9.53 Å². The summed E-state index contributed by atoms with van der Waals surface area (Å²) >= 11 is 0. The molecule has 0 aromatic carbocycles. The van der Waals surface area contributed by atoms with Crippen LogP contribution in [0.3, 0.4) is 0 Å². The number of carbonyl (C=O) groups is 1. The molecule has 1 amide bonds. The molecule has 5 nitrogen and oxygen atoms in total. The van der Waals surface area contributed by atoms with E-state index in [4.69, 9.17) is 4.74 Å². The molecule has 1 heterocycles. The Morgan fingerprint density at radius 2 is 2.05 bits per heavy atom. The van der Waals surface area contributed by atoms with Gasteiger partial charge in [0.05, 0.1) is 0 Å². The van der Waals surface area contributed by atoms with Gasteiger partial charge in [-0.05, 0) is 54.3 Å². The quantitative estimate of drug-likeness (QED) is 0.788. The molecule has 0 radical (unpaired) electrons. The SMILES string of the molecule is CNCCCC1CN(C(=O)OC(C)(C)C)CCN1C. The molecule has 1 rings (SSSR count). The minimum Gasteiger partial charge on any atom is -0.444 e. The molecule has 1 aliphatic rings. The Balaban J connectivity index is 2.46. The average Bonchev–Trinajstić information content (AvgIpc) is 2.29. The van der Waals surface area contributed by atoms with Crippen LogP contribution in [0.25, 0.3) is 0 Å². The standard InChI is InChI=1S/C14H29N3O2/c1-14(2,3)19-13(18)17-10-9-16(5)12(11-17)7-6-8-15-4/h12,15H,6-11H2,1-5H3. The Morgan fingerprint density at radius 1 is 1.37 bits per heavy atom. The van der Waals surface area contributed by atoms with Gasteiger partial charge in [-0.1, -0.05) is 0 Å². The van der Waals surface area contributed by atoms with E-state index in [1.807, 2.05) is 32.7 Å². The molecule has 0 saturated carbocycles. The van der Waals surface area contributed by atoms with Crippen molar-refractivity contribution in [1.29, 1.82) is 0 Å². The molecule has 112 valence electrons. The van der Waals surface area contributed by atoms with Gasteiger partial charge in [0, 0.05) is 25.7 Å². The summed E-state index contributed by atoms with van der Waals surface area (Å²) in [7, 11) is 4.11. The van der Waals surface area contributed by atoms with E-state index in [1.165, 1.54) is 0 Å². The Morgan fingerprint density at radius 3 is 2.63 bits per heavy atom. The van der Waals surface area contributed by atoms with E-state index in [0.29, 0.717) is 6.04 Å². The predicted octanol–water partition coefficient (Wildman–Crippen LogP) is 1.54. The van der Waals surface area contributed by atoms with Gasteiger partial charge in [0.2, 0.25) is 0 Å². The lowest BCUT2D eigenvalue weighted by Gasteiger charge is -2.39. The summed E-state index contributed by atoms with van der Waals surface area (Å²) in [5, 5.41) is 3.16. The maximum Gasteiger partial charge on any atom is 0.410 e. The molecule has 1 aliphatic heterocycles. The van der Waals surface area contributed by atoms with Gasteiger partial charge in [-0.2, -0.15) is 0 Å². The number of nitrogens with one attached hydrogen (secondary N) is 1. The molecule has 0 bridgehead atoms. The van der Waals surface area contributed by atoms with Gasteiger partial charge in [0.1, 0.15) is 5.60 Å². The van der Waals surface area contributed by atoms with Crippen molar-refractivity contribution in [3.05, 3.63) is 0 Å². The second kappa shape index (κ2) is 7.10. The summed E-state index contributed by atoms with van der Waals surface area (Å²) in [6.07, 6.45) is 2.06. The first-order chi connectivity index (χ1) is 8.83. The van der Waals surface area contributed by atoms with Gasteiger partial charge < -0.3 is 15.0 Å². The molecule has 0 aliphatic carbocycles. The minimum absolute atomic E-state index is 0.181. The van der Waals surface area contributed by atoms with Crippen LogP contribution in [0.1, 0.15) is 33.6 Å². The molecule has 5 heteroatoms. The van der Waals surface area contributed by atoms with Gasteiger partial charge >= 0.3 is 6.09 Å². The molecule has 0 aromatic heterocycles. The van der Waals surface area contributed by atoms with Crippen molar-refractivity contribution in [1.82, 2.24) is 15.1 Å². The van der Waals surface area contributed by atoms with Crippen molar-refractivity contribution in [3.8, 4) is 0 Å². The Hall–Kier alpha value is -0.810. The van der Waals surface area contributed by atoms with Crippen molar-refractivity contribution in [2.75, 3.05) is 40.3 Å². The van der Waals surface area contributed by atoms with E-state index >= 15 is 0 Å². The summed E-state index contributed by atoms with van der Waals surface area (Å²) in [5.74, 6) is 0. The lowest BCUT2D eigenvalue weighted by Crippen LogP contribution is -2.54. The minimum atomic E-state index is -0.415. The predicted molar refractivity (Wildman–Crippen MR) is 77.4 cm³/mol. The van der Waals surface area contributed by atoms with Crippen LogP contribution in [0.5, 0.6) is 0 Å². The summed E-state index contributed by atoms with van der Waals surface area (Å²) in [4.78, 5) is 16.3. The molecule has 0 aromatic rings. The molecular weight excluding hydrogens is 242 g/mol. The summed E-state index contributed by atoms with van der Waals surface area (Å²) < 4.78 is 5.44. The third-order valence-corrected chi connectivity index (χ3v) is 3.39. The zero-order chi connectivity index (χ0) is 14.5. The number of piperazine rings is 1. The van der Waals surface area contributed by atoms with E-state index in [9.17, 15) is 4.79 Å². The van der Waals surface area contributed by atoms with Crippen molar-refractivity contribution in [2.24, 2.45) is 0 Å². The van der Waals surface area contributed by atoms with Crippen molar-refractivity contribution >= 4 is 6.09 Å². The maximum atomic E-state index is 12.1. The largest absolute Gasteiger partial charge is 0.444 e. The van der Waals surface area contributed by atoms with Gasteiger partial charge in [-0.3, -0.25) is 4.90 Å². The molecule has 1 atom stereocenters. The normalized spacial score (nSPS) is 21.5. The Kier molecular flexibility index (Phi) is 6.07. The van der Waals surface area contributed by atoms with E-state index in [2.05, 4.69) is 17.3 Å². The smallest absolute Gasteiger partial charge is 0.410 e. The van der Waals surface area contributed by atoms with Gasteiger partial charge in [0.25, 0.3) is 0 Å². The van der Waals surface area contributed by atoms with Crippen LogP contribution >= 0.6 is 0 Å². The molecule has 1 saturated heterocycles. The fourth-order valence-electron chi connectivity index (χ4n) is 2.26. The van der Waals surface area contributed by atoms with Crippen molar-refractivity contribution in [2.45, 2.75) is 45.3 Å². The van der Waals surface area contributed by atoms with E-state index in [-0.39, 0.29) is 6.09 Å². The second-order valence-corrected chi connectivity index (χ2v) is 6.31. The van der Waals surface area contributed by atoms with Gasteiger partial charge in [-0.25, -0.2) is 4.79 Å². The summed E-state index contributed by atoms with van der Waals surface area (Å²) in [6, 6.07) is 0.439. The number of carbonyl (C=O) groups excluding carboxylic acids is 1. The Bertz CT molecular complexity index is 289. The van der Waals surface area contributed by atoms with Gasteiger partial charge in [-0.15, -0.1) is 0 Å². The highest BCUT2D eigenvalue weighted by Gasteiger charge is 2.29. The number of nitrogens with zero attached hydrogens (tertiary/aromatic N) is 2. The number of ether oxygens (including phenoxy) is 1. The third-order valence-electron chi connectivity index (χ3n) is 3.39. The summed E-state index contributed by atoms with van der Waals surface area (Å²) in [5.41, 5.74) is -0.415. The number of amides is 1. The maximum absolute atomic E-state index is 12.1. The van der Waals surface area contributed by atoms with Crippen molar-refractivity contribution in [3.63, 3.8) is 0 Å². The second-order valence-electron chi connectivity index (χ2n) is 6.31. The molecule has 1 N–H and O–H groups in total. The number of likely N-dealkylation sites (N-methyl/N-ethyl adjacent to an activating group) is 1. The third kappa shape index (κ3) is 5.78. The highest BCUT2D eigenvalue weighted by molar-refractivity contribution is 5.68. The molecule has 0 spiro atoms. The number of hydrogen-bond acceptors (Lipinski definition) is 4. The summed E-state index contributed by atoms with van der Waals surface area (Å²) in [6.45, 7) is 9.20. The van der Waals surface area contributed by atoms with Gasteiger partial charge in [0.15, 0.2) is 0 Å². The highest BCUT2D eigenvalue weighted by atomic mass is 16.6. The van der Waals surface area contributed by atoms with E-state index < -0.39 is 5.60 Å². The topological polar surface area (TPSA) is 44.8 Å². The number of hydrogen-bond donors (Lipinski definition) is 1. The first kappa shape index (κ1) is 16.2. The monoisotopic (exact) mass is 271 g/mol. The average molecular weight is 271 g/mol. The van der Waals surface area contributed by atoms with Crippen LogP contribution in [-0.2, 0) is 4.74 Å². The molecule has 19 heavy (non-hydrogen) atoms. The zero-order valence-electron chi connectivity index (χ0n) is 13.0. The molecular formula is C14H29N3O2. The van der Waals surface area contributed by atoms with Crippen LogP contribution in [0.15, 0.2) is 0 Å². The molecule has 1 unspecified atom stereocenters. The zero-order valence-corrected chi connectivity index (χ0v) is 13.0. The van der Waals surface area contributed by atoms with Crippen LogP contribution in [0, 0.1) is 0 Å². The highest BCUT2D eigenvalue weighted by Crippen LogP contribution is 2.16. The van der Waals surface area contributed by atoms with Crippen LogP contribution < -0.4 is 5.32 Å². The fourth-order valence-corrected chi connectivity index (χ4v) is 2.26. The van der Waals surface area contributed by atoms with Crippen LogP contribution in [0.4, 0.5) is 4.79 Å². The molecule has 1 fully saturated rings. The van der Waals surface area contributed by atoms with Crippen LogP contribution in [0.2, 0.25) is 0 Å². The van der Waals surface area contributed by atoms with E-state index in [1.54, 1.807) is 0 Å². The fraction of sp³-hybridized carbons (Fsp3) is 0.929. The first-order valence-electron chi connectivity index (χ1n) is 7.16. The van der Waals surface area contributed by atoms with Crippen LogP contribution in [-0.4, -0.2) is 67.8 Å². The lowest BCUT2D eigenvalue weighted by atomic mass is 10.1. The lowest BCUT2D eigenvalue weighted by molar-refractivity contribution is 0.00663. The Labute approximate surface area is 117 Å².